The standard InChI is InChI=1S/C13H19NO/c1-13(14,9-15)12-8-4-6-10-5-2-3-7-11(10)12/h4,6,8,15H,2-3,5,7,9,14H2,1H3. The van der Waals surface area contributed by atoms with Crippen LogP contribution in [0.3, 0.4) is 0 Å². The van der Waals surface area contributed by atoms with Gasteiger partial charge in [-0.1, -0.05) is 18.2 Å². The van der Waals surface area contributed by atoms with E-state index in [4.69, 9.17) is 5.73 Å². The van der Waals surface area contributed by atoms with Gasteiger partial charge in [-0.25, -0.2) is 0 Å². The number of rotatable bonds is 2. The van der Waals surface area contributed by atoms with Gasteiger partial charge < -0.3 is 10.8 Å². The molecule has 0 spiro atoms. The lowest BCUT2D eigenvalue weighted by Crippen LogP contribution is -2.38. The summed E-state index contributed by atoms with van der Waals surface area (Å²) in [4.78, 5) is 0. The number of benzene rings is 1. The van der Waals surface area contributed by atoms with E-state index in [1.165, 1.54) is 24.0 Å². The molecule has 0 amide bonds. The van der Waals surface area contributed by atoms with Crippen molar-refractivity contribution in [3.63, 3.8) is 0 Å². The summed E-state index contributed by atoms with van der Waals surface area (Å²) in [5.74, 6) is 0. The lowest BCUT2D eigenvalue weighted by atomic mass is 9.81. The minimum absolute atomic E-state index is 0.00343. The molecule has 1 aromatic carbocycles. The molecule has 1 aromatic rings. The molecule has 0 saturated heterocycles. The largest absolute Gasteiger partial charge is 0.394 e. The first-order valence-corrected chi connectivity index (χ1v) is 5.66. The van der Waals surface area contributed by atoms with Gasteiger partial charge in [-0.2, -0.15) is 0 Å². The van der Waals surface area contributed by atoms with Gasteiger partial charge in [-0.05, 0) is 49.3 Å². The van der Waals surface area contributed by atoms with E-state index in [9.17, 15) is 5.11 Å². The Morgan fingerprint density at radius 3 is 2.80 bits per heavy atom. The fourth-order valence-electron chi connectivity index (χ4n) is 2.40. The molecule has 3 N–H and O–H groups in total. The van der Waals surface area contributed by atoms with E-state index in [0.29, 0.717) is 0 Å². The first kappa shape index (κ1) is 10.7. The molecule has 1 aliphatic carbocycles. The average Bonchev–Trinajstić information content (AvgIpc) is 2.28. The van der Waals surface area contributed by atoms with E-state index >= 15 is 0 Å². The first-order chi connectivity index (χ1) is 7.15. The molecule has 2 nitrogen and oxygen atoms in total. The van der Waals surface area contributed by atoms with Gasteiger partial charge in [-0.15, -0.1) is 0 Å². The summed E-state index contributed by atoms with van der Waals surface area (Å²) in [5, 5.41) is 9.32. The van der Waals surface area contributed by atoms with Crippen molar-refractivity contribution in [2.24, 2.45) is 5.73 Å². The van der Waals surface area contributed by atoms with Crippen LogP contribution in [0, 0.1) is 0 Å². The van der Waals surface area contributed by atoms with Crippen LogP contribution in [0.15, 0.2) is 18.2 Å². The monoisotopic (exact) mass is 205 g/mol. The van der Waals surface area contributed by atoms with E-state index in [-0.39, 0.29) is 6.61 Å². The number of aliphatic hydroxyl groups is 1. The van der Waals surface area contributed by atoms with E-state index < -0.39 is 5.54 Å². The minimum atomic E-state index is -0.595. The normalized spacial score (nSPS) is 19.4. The van der Waals surface area contributed by atoms with Crippen molar-refractivity contribution < 1.29 is 5.11 Å². The van der Waals surface area contributed by atoms with Crippen molar-refractivity contribution in [1.29, 1.82) is 0 Å². The molecule has 1 aliphatic rings. The van der Waals surface area contributed by atoms with Crippen LogP contribution in [-0.2, 0) is 18.4 Å². The zero-order chi connectivity index (χ0) is 10.9. The van der Waals surface area contributed by atoms with Gasteiger partial charge in [0.2, 0.25) is 0 Å². The van der Waals surface area contributed by atoms with Gasteiger partial charge >= 0.3 is 0 Å². The molecule has 0 radical (unpaired) electrons. The third-order valence-corrected chi connectivity index (χ3v) is 3.34. The highest BCUT2D eigenvalue weighted by Gasteiger charge is 2.25. The second kappa shape index (κ2) is 3.95. The maximum absolute atomic E-state index is 9.32. The smallest absolute Gasteiger partial charge is 0.0650 e. The Hall–Kier alpha value is -0.860. The van der Waals surface area contributed by atoms with Crippen LogP contribution in [0.5, 0.6) is 0 Å². The third-order valence-electron chi connectivity index (χ3n) is 3.34. The molecule has 0 aromatic heterocycles. The van der Waals surface area contributed by atoms with Crippen LogP contribution in [0.25, 0.3) is 0 Å². The lowest BCUT2D eigenvalue weighted by Gasteiger charge is -2.28. The molecule has 15 heavy (non-hydrogen) atoms. The summed E-state index contributed by atoms with van der Waals surface area (Å²) in [6.45, 7) is 1.90. The molecule has 0 saturated carbocycles. The maximum Gasteiger partial charge on any atom is 0.0650 e. The Morgan fingerprint density at radius 2 is 2.07 bits per heavy atom. The number of hydrogen-bond acceptors (Lipinski definition) is 2. The topological polar surface area (TPSA) is 46.2 Å². The van der Waals surface area contributed by atoms with Crippen LogP contribution in [-0.4, -0.2) is 11.7 Å². The van der Waals surface area contributed by atoms with Gasteiger partial charge in [0.05, 0.1) is 12.1 Å². The number of hydrogen-bond donors (Lipinski definition) is 2. The Kier molecular flexibility index (Phi) is 2.81. The molecular formula is C13H19NO. The van der Waals surface area contributed by atoms with Gasteiger partial charge in [0.25, 0.3) is 0 Å². The molecule has 82 valence electrons. The first-order valence-electron chi connectivity index (χ1n) is 5.66. The van der Waals surface area contributed by atoms with Crippen LogP contribution >= 0.6 is 0 Å². The number of fused-ring (bicyclic) bond motifs is 1. The third kappa shape index (κ3) is 1.92. The number of nitrogens with two attached hydrogens (primary N) is 1. The van der Waals surface area contributed by atoms with Crippen molar-refractivity contribution in [2.75, 3.05) is 6.61 Å². The summed E-state index contributed by atoms with van der Waals surface area (Å²) in [7, 11) is 0. The van der Waals surface area contributed by atoms with Crippen molar-refractivity contribution in [3.05, 3.63) is 34.9 Å². The van der Waals surface area contributed by atoms with Gasteiger partial charge in [0.15, 0.2) is 0 Å². The molecule has 1 unspecified atom stereocenters. The van der Waals surface area contributed by atoms with E-state index in [0.717, 1.165) is 18.4 Å². The highest BCUT2D eigenvalue weighted by atomic mass is 16.3. The van der Waals surface area contributed by atoms with Gasteiger partial charge in [0, 0.05) is 0 Å². The molecule has 2 heteroatoms. The molecule has 0 heterocycles. The SMILES string of the molecule is CC(N)(CO)c1cccc2c1CCCC2. The molecule has 2 rings (SSSR count). The van der Waals surface area contributed by atoms with Crippen LogP contribution in [0.1, 0.15) is 36.5 Å². The molecule has 0 aliphatic heterocycles. The minimum Gasteiger partial charge on any atom is -0.394 e. The molecular weight excluding hydrogens is 186 g/mol. The second-order valence-corrected chi connectivity index (χ2v) is 4.73. The van der Waals surface area contributed by atoms with Crippen LogP contribution < -0.4 is 5.73 Å². The van der Waals surface area contributed by atoms with Crippen LogP contribution in [0.2, 0.25) is 0 Å². The van der Waals surface area contributed by atoms with Gasteiger partial charge in [-0.3, -0.25) is 0 Å². The average molecular weight is 205 g/mol. The number of aryl methyl sites for hydroxylation is 1. The van der Waals surface area contributed by atoms with E-state index in [2.05, 4.69) is 18.2 Å². The van der Waals surface area contributed by atoms with E-state index in [1.807, 2.05) is 6.92 Å². The Balaban J connectivity index is 2.48. The Morgan fingerprint density at radius 1 is 1.33 bits per heavy atom. The van der Waals surface area contributed by atoms with Crippen LogP contribution in [0.4, 0.5) is 0 Å². The van der Waals surface area contributed by atoms with Crippen molar-refractivity contribution >= 4 is 0 Å². The van der Waals surface area contributed by atoms with Crippen molar-refractivity contribution in [1.82, 2.24) is 0 Å². The molecule has 0 fully saturated rings. The van der Waals surface area contributed by atoms with Crippen molar-refractivity contribution in [3.8, 4) is 0 Å². The second-order valence-electron chi connectivity index (χ2n) is 4.73. The summed E-state index contributed by atoms with van der Waals surface area (Å²) in [6.07, 6.45) is 4.78. The quantitative estimate of drug-likeness (QED) is 0.772. The molecule has 0 bridgehead atoms. The van der Waals surface area contributed by atoms with Gasteiger partial charge in [0.1, 0.15) is 0 Å². The highest BCUT2D eigenvalue weighted by molar-refractivity contribution is 5.40. The summed E-state index contributed by atoms with van der Waals surface area (Å²) in [6, 6.07) is 6.30. The maximum atomic E-state index is 9.32. The van der Waals surface area contributed by atoms with E-state index in [1.54, 1.807) is 0 Å². The summed E-state index contributed by atoms with van der Waals surface area (Å²) in [5.41, 5.74) is 9.44. The Labute approximate surface area is 91.1 Å². The summed E-state index contributed by atoms with van der Waals surface area (Å²) >= 11 is 0. The fraction of sp³-hybridized carbons (Fsp3) is 0.538. The Bertz CT molecular complexity index is 358. The molecule has 1 atom stereocenters. The zero-order valence-electron chi connectivity index (χ0n) is 9.29. The number of aliphatic hydroxyl groups excluding tert-OH is 1. The fourth-order valence-corrected chi connectivity index (χ4v) is 2.40. The summed E-state index contributed by atoms with van der Waals surface area (Å²) < 4.78 is 0. The predicted octanol–water partition coefficient (Wildman–Crippen LogP) is 1.73. The zero-order valence-corrected chi connectivity index (χ0v) is 9.29. The predicted molar refractivity (Wildman–Crippen MR) is 61.7 cm³/mol. The lowest BCUT2D eigenvalue weighted by molar-refractivity contribution is 0.209. The van der Waals surface area contributed by atoms with Crippen molar-refractivity contribution in [2.45, 2.75) is 38.1 Å². The highest BCUT2D eigenvalue weighted by Crippen LogP contribution is 2.29.